The molecular formula is C14H23N. The largest absolute Gasteiger partial charge is 0.322 e. The number of benzene rings is 1. The number of nitrogens with two attached hydrogens (primary N) is 1. The van der Waals surface area contributed by atoms with Crippen molar-refractivity contribution in [1.82, 2.24) is 0 Å². The van der Waals surface area contributed by atoms with Crippen molar-refractivity contribution < 1.29 is 0 Å². The minimum Gasteiger partial charge on any atom is -0.322 e. The second kappa shape index (κ2) is 5.32. The van der Waals surface area contributed by atoms with Gasteiger partial charge >= 0.3 is 0 Å². The molecule has 0 bridgehead atoms. The predicted octanol–water partition coefficient (Wildman–Crippen LogP) is 3.69. The summed E-state index contributed by atoms with van der Waals surface area (Å²) in [6.45, 7) is 6.65. The van der Waals surface area contributed by atoms with Crippen LogP contribution in [-0.4, -0.2) is 0 Å². The van der Waals surface area contributed by atoms with Gasteiger partial charge in [0, 0.05) is 5.54 Å². The maximum absolute atomic E-state index is 6.37. The van der Waals surface area contributed by atoms with Crippen molar-refractivity contribution >= 4 is 0 Å². The van der Waals surface area contributed by atoms with Crippen molar-refractivity contribution in [2.45, 2.75) is 45.6 Å². The zero-order chi connectivity index (χ0) is 11.3. The van der Waals surface area contributed by atoms with Crippen molar-refractivity contribution in [3.63, 3.8) is 0 Å². The van der Waals surface area contributed by atoms with Gasteiger partial charge in [-0.2, -0.15) is 0 Å². The first-order chi connectivity index (χ1) is 7.06. The molecular weight excluding hydrogens is 182 g/mol. The van der Waals surface area contributed by atoms with Crippen LogP contribution in [0.4, 0.5) is 0 Å². The Morgan fingerprint density at radius 1 is 1.27 bits per heavy atom. The van der Waals surface area contributed by atoms with E-state index < -0.39 is 0 Å². The third kappa shape index (κ3) is 3.67. The minimum atomic E-state index is -0.185. The molecule has 0 fully saturated rings. The molecule has 0 amide bonds. The molecule has 1 aromatic carbocycles. The Bertz CT molecular complexity index is 277. The van der Waals surface area contributed by atoms with Gasteiger partial charge < -0.3 is 5.73 Å². The zero-order valence-electron chi connectivity index (χ0n) is 10.2. The molecule has 0 spiro atoms. The molecule has 2 atom stereocenters. The minimum absolute atomic E-state index is 0.185. The topological polar surface area (TPSA) is 26.0 Å². The highest BCUT2D eigenvalue weighted by atomic mass is 14.7. The quantitative estimate of drug-likeness (QED) is 0.779. The first-order valence-corrected chi connectivity index (χ1v) is 5.90. The van der Waals surface area contributed by atoms with Crippen molar-refractivity contribution in [2.75, 3.05) is 0 Å². The average Bonchev–Trinajstić information content (AvgIpc) is 2.18. The van der Waals surface area contributed by atoms with E-state index in [0.29, 0.717) is 5.92 Å². The van der Waals surface area contributed by atoms with Crippen molar-refractivity contribution in [3.8, 4) is 0 Å². The highest BCUT2D eigenvalue weighted by Crippen LogP contribution is 2.27. The molecule has 0 saturated carbocycles. The van der Waals surface area contributed by atoms with Crippen LogP contribution in [0.2, 0.25) is 0 Å². The van der Waals surface area contributed by atoms with Gasteiger partial charge in [-0.25, -0.2) is 0 Å². The normalized spacial score (nSPS) is 17.1. The molecule has 0 aromatic heterocycles. The van der Waals surface area contributed by atoms with E-state index in [-0.39, 0.29) is 5.54 Å². The van der Waals surface area contributed by atoms with Crippen LogP contribution in [0.5, 0.6) is 0 Å². The smallest absolute Gasteiger partial charge is 0.0383 e. The lowest BCUT2D eigenvalue weighted by molar-refractivity contribution is 0.346. The van der Waals surface area contributed by atoms with Crippen LogP contribution in [0, 0.1) is 5.92 Å². The fraction of sp³-hybridized carbons (Fsp3) is 0.571. The molecule has 0 aliphatic rings. The first kappa shape index (κ1) is 12.3. The molecule has 1 heteroatoms. The van der Waals surface area contributed by atoms with E-state index >= 15 is 0 Å². The maximum atomic E-state index is 6.37. The summed E-state index contributed by atoms with van der Waals surface area (Å²) >= 11 is 0. The van der Waals surface area contributed by atoms with Gasteiger partial charge in [0.25, 0.3) is 0 Å². The molecule has 15 heavy (non-hydrogen) atoms. The summed E-state index contributed by atoms with van der Waals surface area (Å²) in [7, 11) is 0. The summed E-state index contributed by atoms with van der Waals surface area (Å²) in [6, 6.07) is 10.4. The third-order valence-corrected chi connectivity index (χ3v) is 2.99. The van der Waals surface area contributed by atoms with E-state index in [0.717, 1.165) is 6.42 Å². The van der Waals surface area contributed by atoms with E-state index in [1.54, 1.807) is 0 Å². The van der Waals surface area contributed by atoms with Crippen LogP contribution >= 0.6 is 0 Å². The second-order valence-electron chi connectivity index (χ2n) is 4.88. The summed E-state index contributed by atoms with van der Waals surface area (Å²) in [5.41, 5.74) is 7.43. The molecule has 1 aromatic rings. The summed E-state index contributed by atoms with van der Waals surface area (Å²) in [4.78, 5) is 0. The van der Waals surface area contributed by atoms with E-state index in [1.165, 1.54) is 18.4 Å². The fourth-order valence-electron chi connectivity index (χ4n) is 2.26. The van der Waals surface area contributed by atoms with E-state index in [2.05, 4.69) is 45.0 Å². The van der Waals surface area contributed by atoms with Gasteiger partial charge in [-0.1, -0.05) is 57.0 Å². The summed E-state index contributed by atoms with van der Waals surface area (Å²) in [5, 5.41) is 0. The zero-order valence-corrected chi connectivity index (χ0v) is 10.2. The third-order valence-electron chi connectivity index (χ3n) is 2.99. The van der Waals surface area contributed by atoms with Gasteiger partial charge in [0.15, 0.2) is 0 Å². The van der Waals surface area contributed by atoms with Crippen LogP contribution < -0.4 is 5.73 Å². The van der Waals surface area contributed by atoms with Crippen LogP contribution in [0.3, 0.4) is 0 Å². The Kier molecular flexibility index (Phi) is 4.34. The maximum Gasteiger partial charge on any atom is 0.0383 e. The molecule has 0 saturated heterocycles. The Labute approximate surface area is 93.7 Å². The molecule has 2 unspecified atom stereocenters. The lowest BCUT2D eigenvalue weighted by Gasteiger charge is -2.28. The molecule has 1 nitrogen and oxygen atoms in total. The van der Waals surface area contributed by atoms with E-state index in [1.807, 2.05) is 6.07 Å². The Morgan fingerprint density at radius 2 is 1.87 bits per heavy atom. The van der Waals surface area contributed by atoms with Crippen molar-refractivity contribution in [2.24, 2.45) is 11.7 Å². The molecule has 2 N–H and O–H groups in total. The van der Waals surface area contributed by atoms with Crippen molar-refractivity contribution in [1.29, 1.82) is 0 Å². The van der Waals surface area contributed by atoms with E-state index in [9.17, 15) is 0 Å². The van der Waals surface area contributed by atoms with Gasteiger partial charge in [-0.3, -0.25) is 0 Å². The van der Waals surface area contributed by atoms with Crippen LogP contribution in [-0.2, 0) is 5.54 Å². The van der Waals surface area contributed by atoms with Gasteiger partial charge in [0.05, 0.1) is 0 Å². The monoisotopic (exact) mass is 205 g/mol. The average molecular weight is 205 g/mol. The van der Waals surface area contributed by atoms with Gasteiger partial charge in [-0.15, -0.1) is 0 Å². The fourth-order valence-corrected chi connectivity index (χ4v) is 2.26. The lowest BCUT2D eigenvalue weighted by atomic mass is 9.83. The molecule has 0 heterocycles. The summed E-state index contributed by atoms with van der Waals surface area (Å²) in [5.74, 6) is 0.699. The highest BCUT2D eigenvalue weighted by Gasteiger charge is 2.23. The SMILES string of the molecule is CCCC(C)CC(C)(N)c1ccccc1. The highest BCUT2D eigenvalue weighted by molar-refractivity contribution is 5.22. The lowest BCUT2D eigenvalue weighted by Crippen LogP contribution is -2.34. The summed E-state index contributed by atoms with van der Waals surface area (Å²) < 4.78 is 0. The number of hydrogen-bond donors (Lipinski definition) is 1. The summed E-state index contributed by atoms with van der Waals surface area (Å²) in [6.07, 6.45) is 3.57. The molecule has 1 rings (SSSR count). The standard InChI is InChI=1S/C14H23N/c1-4-8-12(2)11-14(3,15)13-9-6-5-7-10-13/h5-7,9-10,12H,4,8,11,15H2,1-3H3. The Morgan fingerprint density at radius 3 is 2.40 bits per heavy atom. The van der Waals surface area contributed by atoms with Gasteiger partial charge in [0.2, 0.25) is 0 Å². The molecule has 84 valence electrons. The van der Waals surface area contributed by atoms with Gasteiger partial charge in [0.1, 0.15) is 0 Å². The van der Waals surface area contributed by atoms with Crippen LogP contribution in [0.15, 0.2) is 30.3 Å². The van der Waals surface area contributed by atoms with E-state index in [4.69, 9.17) is 5.73 Å². The van der Waals surface area contributed by atoms with Crippen molar-refractivity contribution in [3.05, 3.63) is 35.9 Å². The first-order valence-electron chi connectivity index (χ1n) is 5.90. The second-order valence-corrected chi connectivity index (χ2v) is 4.88. The van der Waals surface area contributed by atoms with Crippen LogP contribution in [0.25, 0.3) is 0 Å². The molecule has 0 aliphatic carbocycles. The number of hydrogen-bond acceptors (Lipinski definition) is 1. The molecule has 0 aliphatic heterocycles. The molecule has 0 radical (unpaired) electrons. The van der Waals surface area contributed by atoms with Crippen LogP contribution in [0.1, 0.15) is 45.6 Å². The predicted molar refractivity (Wildman–Crippen MR) is 66.7 cm³/mol. The Balaban J connectivity index is 2.67. The Hall–Kier alpha value is -0.820. The number of rotatable bonds is 5. The van der Waals surface area contributed by atoms with Gasteiger partial charge in [-0.05, 0) is 24.8 Å².